The summed E-state index contributed by atoms with van der Waals surface area (Å²) in [6, 6.07) is 0. The van der Waals surface area contributed by atoms with Crippen molar-refractivity contribution in [3.8, 4) is 0 Å². The number of aliphatic hydroxyl groups excluding tert-OH is 1. The normalized spacial score (nSPS) is 10.0. The van der Waals surface area contributed by atoms with Gasteiger partial charge in [-0.1, -0.05) is 40.0 Å². The van der Waals surface area contributed by atoms with E-state index in [1.54, 1.807) is 6.92 Å². The zero-order valence-corrected chi connectivity index (χ0v) is 13.5. The Morgan fingerprint density at radius 1 is 0.944 bits per heavy atom. The maximum atomic E-state index is 9.38. The van der Waals surface area contributed by atoms with Crippen molar-refractivity contribution < 1.29 is 14.9 Å². The maximum absolute atomic E-state index is 9.38. The van der Waals surface area contributed by atoms with Crippen molar-refractivity contribution in [1.82, 2.24) is 0 Å². The summed E-state index contributed by atoms with van der Waals surface area (Å²) >= 11 is 0. The monoisotopic (exact) mass is 264 g/mol. The van der Waals surface area contributed by atoms with E-state index >= 15 is 0 Å². The Morgan fingerprint density at radius 3 is 1.83 bits per heavy atom. The standard InChI is InChI=1S/C11H24O2.C2H6O.C2H6/c1-4-5-6-7-9-13-10-8-11(2,3)12;1-2-3;1-2/h12H,4-10H2,1-3H3;3H,2H2,1H3;1-2H3. The largest absolute Gasteiger partial charge is 0.397 e. The molecule has 3 heteroatoms. The smallest absolute Gasteiger partial charge is 0.0613 e. The average molecular weight is 264 g/mol. The number of unbranched alkanes of at least 4 members (excludes halogenated alkanes) is 3. The molecule has 0 fully saturated rings. The molecule has 0 atom stereocenters. The van der Waals surface area contributed by atoms with Crippen LogP contribution in [-0.4, -0.2) is 35.6 Å². The minimum Gasteiger partial charge on any atom is -0.397 e. The zero-order valence-electron chi connectivity index (χ0n) is 13.5. The highest BCUT2D eigenvalue weighted by atomic mass is 16.5. The van der Waals surface area contributed by atoms with Crippen LogP contribution in [0, 0.1) is 0 Å². The van der Waals surface area contributed by atoms with E-state index in [1.807, 2.05) is 27.7 Å². The molecule has 0 bridgehead atoms. The molecule has 3 nitrogen and oxygen atoms in total. The molecule has 0 heterocycles. The number of hydrogen-bond donors (Lipinski definition) is 2. The molecule has 18 heavy (non-hydrogen) atoms. The van der Waals surface area contributed by atoms with Crippen LogP contribution in [-0.2, 0) is 4.74 Å². The SMILES string of the molecule is CC.CCCCCCOCCC(C)(C)O.CCO. The van der Waals surface area contributed by atoms with Crippen molar-refractivity contribution >= 4 is 0 Å². The molecule has 0 saturated heterocycles. The fourth-order valence-corrected chi connectivity index (χ4v) is 1.05. The zero-order chi connectivity index (χ0) is 14.9. The van der Waals surface area contributed by atoms with Crippen LogP contribution >= 0.6 is 0 Å². The van der Waals surface area contributed by atoms with Gasteiger partial charge in [0.2, 0.25) is 0 Å². The predicted octanol–water partition coefficient (Wildman–Crippen LogP) is 3.77. The average Bonchev–Trinajstić information content (AvgIpc) is 2.30. The topological polar surface area (TPSA) is 49.7 Å². The van der Waals surface area contributed by atoms with Gasteiger partial charge in [0.25, 0.3) is 0 Å². The molecule has 2 N–H and O–H groups in total. The molecule has 114 valence electrons. The first-order chi connectivity index (χ1) is 8.47. The highest BCUT2D eigenvalue weighted by molar-refractivity contribution is 4.63. The molecule has 0 aliphatic rings. The van der Waals surface area contributed by atoms with Gasteiger partial charge in [0.1, 0.15) is 0 Å². The lowest BCUT2D eigenvalue weighted by Crippen LogP contribution is -2.21. The maximum Gasteiger partial charge on any atom is 0.0613 e. The van der Waals surface area contributed by atoms with Gasteiger partial charge in [0, 0.05) is 19.8 Å². The Morgan fingerprint density at radius 2 is 1.44 bits per heavy atom. The first-order valence-corrected chi connectivity index (χ1v) is 7.38. The van der Waals surface area contributed by atoms with Crippen LogP contribution in [0.25, 0.3) is 0 Å². The summed E-state index contributed by atoms with van der Waals surface area (Å²) in [5.41, 5.74) is -0.580. The first kappa shape index (κ1) is 23.0. The van der Waals surface area contributed by atoms with E-state index < -0.39 is 5.60 Å². The quantitative estimate of drug-likeness (QED) is 0.656. The van der Waals surface area contributed by atoms with Crippen molar-refractivity contribution in [2.24, 2.45) is 0 Å². The molecule has 0 aromatic heterocycles. The second kappa shape index (κ2) is 19.2. The van der Waals surface area contributed by atoms with Gasteiger partial charge in [-0.25, -0.2) is 0 Å². The minimum absolute atomic E-state index is 0.250. The van der Waals surface area contributed by atoms with E-state index in [2.05, 4.69) is 6.92 Å². The second-order valence-corrected chi connectivity index (χ2v) is 4.55. The van der Waals surface area contributed by atoms with Gasteiger partial charge in [-0.2, -0.15) is 0 Å². The summed E-state index contributed by atoms with van der Waals surface area (Å²) in [6.45, 7) is 13.3. The molecule has 0 radical (unpaired) electrons. The Balaban J connectivity index is -0.000000389. The van der Waals surface area contributed by atoms with E-state index in [4.69, 9.17) is 9.84 Å². The molecule has 0 aromatic rings. The highest BCUT2D eigenvalue weighted by Gasteiger charge is 2.10. The van der Waals surface area contributed by atoms with Crippen LogP contribution < -0.4 is 0 Å². The summed E-state index contributed by atoms with van der Waals surface area (Å²) in [6.07, 6.45) is 5.71. The molecule has 0 amide bonds. The lowest BCUT2D eigenvalue weighted by Gasteiger charge is -2.16. The van der Waals surface area contributed by atoms with Crippen LogP contribution in [0.4, 0.5) is 0 Å². The molecule has 0 spiro atoms. The third kappa shape index (κ3) is 36.0. The number of rotatable bonds is 8. The van der Waals surface area contributed by atoms with Crippen molar-refractivity contribution in [2.75, 3.05) is 19.8 Å². The second-order valence-electron chi connectivity index (χ2n) is 4.55. The summed E-state index contributed by atoms with van der Waals surface area (Å²) in [7, 11) is 0. The van der Waals surface area contributed by atoms with Crippen molar-refractivity contribution in [1.29, 1.82) is 0 Å². The van der Waals surface area contributed by atoms with Gasteiger partial charge in [-0.3, -0.25) is 0 Å². The molecule has 0 aliphatic carbocycles. The van der Waals surface area contributed by atoms with Crippen LogP contribution in [0.1, 0.15) is 73.6 Å². The van der Waals surface area contributed by atoms with E-state index in [1.165, 1.54) is 19.3 Å². The molecule has 0 aliphatic heterocycles. The van der Waals surface area contributed by atoms with Crippen LogP contribution in [0.2, 0.25) is 0 Å². The van der Waals surface area contributed by atoms with E-state index in [0.29, 0.717) is 6.61 Å². The lowest BCUT2D eigenvalue weighted by atomic mass is 10.1. The summed E-state index contributed by atoms with van der Waals surface area (Å²) in [4.78, 5) is 0. The van der Waals surface area contributed by atoms with Crippen molar-refractivity contribution in [3.63, 3.8) is 0 Å². The fourth-order valence-electron chi connectivity index (χ4n) is 1.05. The van der Waals surface area contributed by atoms with Crippen molar-refractivity contribution in [2.45, 2.75) is 79.2 Å². The third-order valence-corrected chi connectivity index (χ3v) is 2.00. The molecule has 0 aromatic carbocycles. The Labute approximate surface area is 115 Å². The van der Waals surface area contributed by atoms with Crippen molar-refractivity contribution in [3.05, 3.63) is 0 Å². The highest BCUT2D eigenvalue weighted by Crippen LogP contribution is 2.07. The van der Waals surface area contributed by atoms with Crippen LogP contribution in [0.3, 0.4) is 0 Å². The van der Waals surface area contributed by atoms with Gasteiger partial charge in [-0.15, -0.1) is 0 Å². The van der Waals surface area contributed by atoms with Gasteiger partial charge >= 0.3 is 0 Å². The summed E-state index contributed by atoms with van der Waals surface area (Å²) in [5, 5.41) is 16.9. The summed E-state index contributed by atoms with van der Waals surface area (Å²) in [5.74, 6) is 0. The van der Waals surface area contributed by atoms with Gasteiger partial charge < -0.3 is 14.9 Å². The summed E-state index contributed by atoms with van der Waals surface area (Å²) < 4.78 is 5.40. The van der Waals surface area contributed by atoms with E-state index in [9.17, 15) is 5.11 Å². The predicted molar refractivity (Wildman–Crippen MR) is 80.0 cm³/mol. The first-order valence-electron chi connectivity index (χ1n) is 7.38. The number of ether oxygens (including phenoxy) is 1. The fraction of sp³-hybridized carbons (Fsp3) is 1.00. The third-order valence-electron chi connectivity index (χ3n) is 2.00. The van der Waals surface area contributed by atoms with Gasteiger partial charge in [0.15, 0.2) is 0 Å². The number of hydrogen-bond acceptors (Lipinski definition) is 3. The molecule has 0 rings (SSSR count). The van der Waals surface area contributed by atoms with Crippen LogP contribution in [0.5, 0.6) is 0 Å². The molecular weight excluding hydrogens is 228 g/mol. The Bertz CT molecular complexity index is 119. The molecule has 0 saturated carbocycles. The van der Waals surface area contributed by atoms with Gasteiger partial charge in [-0.05, 0) is 33.6 Å². The molecule has 0 unspecified atom stereocenters. The van der Waals surface area contributed by atoms with Crippen LogP contribution in [0.15, 0.2) is 0 Å². The Kier molecular flexibility index (Phi) is 24.6. The number of aliphatic hydroxyl groups is 2. The Hall–Kier alpha value is -0.120. The van der Waals surface area contributed by atoms with E-state index in [-0.39, 0.29) is 6.61 Å². The lowest BCUT2D eigenvalue weighted by molar-refractivity contribution is 0.0275. The minimum atomic E-state index is -0.580. The molecular formula is C15H36O3. The van der Waals surface area contributed by atoms with Gasteiger partial charge in [0.05, 0.1) is 5.60 Å². The van der Waals surface area contributed by atoms with E-state index in [0.717, 1.165) is 19.4 Å².